The van der Waals surface area contributed by atoms with E-state index in [1.165, 1.54) is 13.0 Å². The molecule has 1 N–H and O–H groups in total. The number of aliphatic hydroxyl groups excluding tert-OH is 1. The van der Waals surface area contributed by atoms with Gasteiger partial charge in [0.2, 0.25) is 0 Å². The molecule has 1 aromatic carbocycles. The summed E-state index contributed by atoms with van der Waals surface area (Å²) in [6, 6.07) is 3.29. The summed E-state index contributed by atoms with van der Waals surface area (Å²) in [5.74, 6) is -1.80. The molecule has 1 atom stereocenters. The lowest BCUT2D eigenvalue weighted by molar-refractivity contribution is -0.121. The number of carbonyl (C=O) groups excluding carboxylic acids is 1. The van der Waals surface area contributed by atoms with Gasteiger partial charge in [-0.15, -0.1) is 0 Å². The smallest absolute Gasteiger partial charge is 0.133 e. The van der Waals surface area contributed by atoms with Crippen LogP contribution >= 0.6 is 0 Å². The van der Waals surface area contributed by atoms with Crippen molar-refractivity contribution >= 4 is 5.78 Å². The van der Waals surface area contributed by atoms with Gasteiger partial charge in [0.05, 0.1) is 0 Å². The van der Waals surface area contributed by atoms with Crippen molar-refractivity contribution in [3.63, 3.8) is 0 Å². The summed E-state index contributed by atoms with van der Waals surface area (Å²) in [4.78, 5) is 11.2. The molecule has 0 bridgehead atoms. The Labute approximate surface area is 92.9 Å². The van der Waals surface area contributed by atoms with Crippen LogP contribution in [0.1, 0.15) is 18.9 Å². The molecule has 0 heterocycles. The summed E-state index contributed by atoms with van der Waals surface area (Å²) < 4.78 is 25.9. The number of rotatable bonds is 5. The molecule has 0 saturated carbocycles. The molecular formula is C12H14F2O2. The number of Topliss-reactive ketones (excluding diaryl/α,β-unsaturated/α-hetero) is 1. The molecule has 0 radical (unpaired) electrons. The first-order valence-electron chi connectivity index (χ1n) is 5.10. The highest BCUT2D eigenvalue weighted by atomic mass is 19.1. The highest BCUT2D eigenvalue weighted by molar-refractivity contribution is 5.78. The minimum atomic E-state index is -0.649. The fraction of sp³-hybridized carbons (Fsp3) is 0.417. The molecule has 88 valence electrons. The SMILES string of the molecule is CC(=O)C(CCO)Cc1ccc(F)cc1F. The molecule has 4 heteroatoms. The fourth-order valence-electron chi connectivity index (χ4n) is 1.56. The molecule has 2 nitrogen and oxygen atoms in total. The zero-order valence-corrected chi connectivity index (χ0v) is 9.04. The van der Waals surface area contributed by atoms with Gasteiger partial charge >= 0.3 is 0 Å². The van der Waals surface area contributed by atoms with E-state index in [0.717, 1.165) is 12.1 Å². The van der Waals surface area contributed by atoms with E-state index < -0.39 is 17.6 Å². The summed E-state index contributed by atoms with van der Waals surface area (Å²) in [5, 5.41) is 8.77. The van der Waals surface area contributed by atoms with Crippen LogP contribution in [-0.4, -0.2) is 17.5 Å². The zero-order valence-electron chi connectivity index (χ0n) is 9.04. The summed E-state index contributed by atoms with van der Waals surface area (Å²) >= 11 is 0. The van der Waals surface area contributed by atoms with Crippen molar-refractivity contribution in [1.29, 1.82) is 0 Å². The molecule has 0 amide bonds. The van der Waals surface area contributed by atoms with Crippen molar-refractivity contribution in [2.75, 3.05) is 6.61 Å². The van der Waals surface area contributed by atoms with E-state index in [1.807, 2.05) is 0 Å². The normalized spacial score (nSPS) is 12.5. The predicted molar refractivity (Wildman–Crippen MR) is 55.9 cm³/mol. The largest absolute Gasteiger partial charge is 0.396 e. The van der Waals surface area contributed by atoms with Gasteiger partial charge in [-0.1, -0.05) is 6.07 Å². The molecule has 1 aromatic rings. The van der Waals surface area contributed by atoms with Gasteiger partial charge in [-0.3, -0.25) is 4.79 Å². The lowest BCUT2D eigenvalue weighted by Crippen LogP contribution is -2.16. The molecule has 16 heavy (non-hydrogen) atoms. The number of ketones is 1. The molecule has 0 aromatic heterocycles. The van der Waals surface area contributed by atoms with Gasteiger partial charge in [0.1, 0.15) is 17.4 Å². The highest BCUT2D eigenvalue weighted by Gasteiger charge is 2.16. The third-order valence-electron chi connectivity index (χ3n) is 2.53. The summed E-state index contributed by atoms with van der Waals surface area (Å²) in [5.41, 5.74) is 0.301. The van der Waals surface area contributed by atoms with Crippen molar-refractivity contribution in [2.24, 2.45) is 5.92 Å². The van der Waals surface area contributed by atoms with Crippen molar-refractivity contribution in [2.45, 2.75) is 19.8 Å². The van der Waals surface area contributed by atoms with Crippen LogP contribution in [0.4, 0.5) is 8.78 Å². The van der Waals surface area contributed by atoms with Crippen LogP contribution in [0.5, 0.6) is 0 Å². The third kappa shape index (κ3) is 3.38. The second kappa shape index (κ2) is 5.70. The first kappa shape index (κ1) is 12.8. The second-order valence-electron chi connectivity index (χ2n) is 3.76. The molecule has 1 unspecified atom stereocenters. The van der Waals surface area contributed by atoms with Gasteiger partial charge in [0.15, 0.2) is 0 Å². The van der Waals surface area contributed by atoms with Crippen molar-refractivity contribution in [1.82, 2.24) is 0 Å². The molecule has 0 aliphatic rings. The summed E-state index contributed by atoms with van der Waals surface area (Å²) in [7, 11) is 0. The number of hydrogen-bond acceptors (Lipinski definition) is 2. The number of aliphatic hydroxyl groups is 1. The van der Waals surface area contributed by atoms with Gasteiger partial charge < -0.3 is 5.11 Å². The fourth-order valence-corrected chi connectivity index (χ4v) is 1.56. The van der Waals surface area contributed by atoms with Gasteiger partial charge in [-0.2, -0.15) is 0 Å². The van der Waals surface area contributed by atoms with E-state index in [9.17, 15) is 13.6 Å². The van der Waals surface area contributed by atoms with E-state index in [2.05, 4.69) is 0 Å². The van der Waals surface area contributed by atoms with Gasteiger partial charge in [0, 0.05) is 18.6 Å². The Hall–Kier alpha value is -1.29. The van der Waals surface area contributed by atoms with Crippen LogP contribution in [0.15, 0.2) is 18.2 Å². The first-order chi connectivity index (χ1) is 7.54. The quantitative estimate of drug-likeness (QED) is 0.837. The van der Waals surface area contributed by atoms with Crippen molar-refractivity contribution < 1.29 is 18.7 Å². The molecular weight excluding hydrogens is 214 g/mol. The average Bonchev–Trinajstić information content (AvgIpc) is 2.20. The van der Waals surface area contributed by atoms with Crippen LogP contribution in [0.2, 0.25) is 0 Å². The van der Waals surface area contributed by atoms with Gasteiger partial charge in [-0.25, -0.2) is 8.78 Å². The first-order valence-corrected chi connectivity index (χ1v) is 5.10. The average molecular weight is 228 g/mol. The number of carbonyl (C=O) groups is 1. The Morgan fingerprint density at radius 1 is 1.44 bits per heavy atom. The van der Waals surface area contributed by atoms with Crippen molar-refractivity contribution in [3.05, 3.63) is 35.4 Å². The van der Waals surface area contributed by atoms with Crippen LogP contribution in [0.25, 0.3) is 0 Å². The predicted octanol–water partition coefficient (Wildman–Crippen LogP) is 2.09. The second-order valence-corrected chi connectivity index (χ2v) is 3.76. The van der Waals surface area contributed by atoms with E-state index in [1.54, 1.807) is 0 Å². The zero-order chi connectivity index (χ0) is 12.1. The van der Waals surface area contributed by atoms with Crippen LogP contribution in [0, 0.1) is 17.6 Å². The van der Waals surface area contributed by atoms with Gasteiger partial charge in [0.25, 0.3) is 0 Å². The molecule has 0 aliphatic carbocycles. The molecule has 0 saturated heterocycles. The number of benzene rings is 1. The standard InChI is InChI=1S/C12H14F2O2/c1-8(16)9(4-5-15)6-10-2-3-11(13)7-12(10)14/h2-3,7,9,15H,4-6H2,1H3. The van der Waals surface area contributed by atoms with E-state index in [4.69, 9.17) is 5.11 Å². The number of halogens is 2. The van der Waals surface area contributed by atoms with Gasteiger partial charge in [-0.05, 0) is 31.4 Å². The Balaban J connectivity index is 2.81. The number of hydrogen-bond donors (Lipinski definition) is 1. The van der Waals surface area contributed by atoms with E-state index in [0.29, 0.717) is 12.0 Å². The Bertz CT molecular complexity index is 377. The maximum Gasteiger partial charge on any atom is 0.133 e. The van der Waals surface area contributed by atoms with E-state index in [-0.39, 0.29) is 18.8 Å². The molecule has 0 aliphatic heterocycles. The Kier molecular flexibility index (Phi) is 4.55. The summed E-state index contributed by atoms with van der Waals surface area (Å²) in [6.07, 6.45) is 0.494. The monoisotopic (exact) mass is 228 g/mol. The minimum absolute atomic E-state index is 0.0993. The Morgan fingerprint density at radius 2 is 2.12 bits per heavy atom. The summed E-state index contributed by atoms with van der Waals surface area (Å²) in [6.45, 7) is 1.29. The van der Waals surface area contributed by atoms with Crippen LogP contribution < -0.4 is 0 Å². The lowest BCUT2D eigenvalue weighted by atomic mass is 9.93. The third-order valence-corrected chi connectivity index (χ3v) is 2.53. The highest BCUT2D eigenvalue weighted by Crippen LogP contribution is 2.17. The maximum absolute atomic E-state index is 13.3. The van der Waals surface area contributed by atoms with Crippen LogP contribution in [-0.2, 0) is 11.2 Å². The minimum Gasteiger partial charge on any atom is -0.396 e. The van der Waals surface area contributed by atoms with E-state index >= 15 is 0 Å². The topological polar surface area (TPSA) is 37.3 Å². The molecule has 1 rings (SSSR count). The molecule has 0 fully saturated rings. The van der Waals surface area contributed by atoms with Crippen molar-refractivity contribution in [3.8, 4) is 0 Å². The van der Waals surface area contributed by atoms with Crippen LogP contribution in [0.3, 0.4) is 0 Å². The maximum atomic E-state index is 13.3. The molecule has 0 spiro atoms. The lowest BCUT2D eigenvalue weighted by Gasteiger charge is -2.12. The Morgan fingerprint density at radius 3 is 2.62 bits per heavy atom.